The summed E-state index contributed by atoms with van der Waals surface area (Å²) < 4.78 is 0.261. The second kappa shape index (κ2) is 11.2. The van der Waals surface area contributed by atoms with Crippen molar-refractivity contribution in [2.75, 3.05) is 26.2 Å². The number of hydrogen-bond acceptors (Lipinski definition) is 3. The summed E-state index contributed by atoms with van der Waals surface area (Å²) >= 11 is 2.04. The van der Waals surface area contributed by atoms with Gasteiger partial charge in [-0.25, -0.2) is 0 Å². The van der Waals surface area contributed by atoms with Gasteiger partial charge in [0, 0.05) is 41.9 Å². The van der Waals surface area contributed by atoms with Gasteiger partial charge >= 0.3 is 0 Å². The highest BCUT2D eigenvalue weighted by atomic mass is 35.5. The monoisotopic (exact) mass is 418 g/mol. The molecule has 2 fully saturated rings. The van der Waals surface area contributed by atoms with Gasteiger partial charge in [0.2, 0.25) is 0 Å². The first kappa shape index (κ1) is 24.1. The van der Waals surface area contributed by atoms with Crippen LogP contribution in [0.4, 0.5) is 0 Å². The van der Waals surface area contributed by atoms with E-state index in [1.165, 1.54) is 50.1 Å². The third kappa shape index (κ3) is 6.60. The molecule has 0 radical (unpaired) electrons. The fourth-order valence-electron chi connectivity index (χ4n) is 4.31. The molecule has 0 unspecified atom stereocenters. The van der Waals surface area contributed by atoms with Crippen LogP contribution in [0.3, 0.4) is 0 Å². The van der Waals surface area contributed by atoms with E-state index in [9.17, 15) is 0 Å². The number of halogens is 2. The molecular weight excluding hydrogens is 383 g/mol. The number of piperazine rings is 1. The molecule has 1 saturated heterocycles. The maximum Gasteiger partial charge on any atom is 0.0388 e. The molecule has 5 heteroatoms. The molecular formula is C21H36Cl2N2S. The molecule has 2 aliphatic rings. The minimum absolute atomic E-state index is 0. The van der Waals surface area contributed by atoms with Crippen molar-refractivity contribution >= 4 is 36.6 Å². The summed E-state index contributed by atoms with van der Waals surface area (Å²) in [5, 5.41) is 3.53. The summed E-state index contributed by atoms with van der Waals surface area (Å²) in [6.07, 6.45) is 7.08. The maximum absolute atomic E-state index is 3.53. The third-order valence-electron chi connectivity index (χ3n) is 5.30. The van der Waals surface area contributed by atoms with Gasteiger partial charge in [0.25, 0.3) is 0 Å². The van der Waals surface area contributed by atoms with E-state index >= 15 is 0 Å². The first-order valence-corrected chi connectivity index (χ1v) is 10.6. The van der Waals surface area contributed by atoms with Crippen molar-refractivity contribution < 1.29 is 0 Å². The van der Waals surface area contributed by atoms with Crippen LogP contribution < -0.4 is 5.32 Å². The van der Waals surface area contributed by atoms with Gasteiger partial charge in [-0.3, -0.25) is 4.90 Å². The lowest BCUT2D eigenvalue weighted by atomic mass is 9.80. The zero-order chi connectivity index (χ0) is 17.0. The van der Waals surface area contributed by atoms with Crippen LogP contribution in [0.5, 0.6) is 0 Å². The average Bonchev–Trinajstić information content (AvgIpc) is 2.57. The predicted molar refractivity (Wildman–Crippen MR) is 120 cm³/mol. The fraction of sp³-hybridized carbons (Fsp3) is 0.714. The highest BCUT2D eigenvalue weighted by Gasteiger charge is 2.32. The third-order valence-corrected chi connectivity index (χ3v) is 6.50. The number of rotatable bonds is 4. The molecule has 0 aromatic heterocycles. The van der Waals surface area contributed by atoms with Crippen molar-refractivity contribution in [1.82, 2.24) is 10.2 Å². The van der Waals surface area contributed by atoms with E-state index in [2.05, 4.69) is 55.3 Å². The van der Waals surface area contributed by atoms with Crippen molar-refractivity contribution in [2.45, 2.75) is 68.6 Å². The largest absolute Gasteiger partial charge is 0.314 e. The average molecular weight is 420 g/mol. The van der Waals surface area contributed by atoms with E-state index in [1.54, 1.807) is 5.56 Å². The summed E-state index contributed by atoms with van der Waals surface area (Å²) in [6, 6.07) is 9.84. The molecule has 1 saturated carbocycles. The molecule has 1 N–H and O–H groups in total. The van der Waals surface area contributed by atoms with Crippen molar-refractivity contribution in [3.63, 3.8) is 0 Å². The van der Waals surface area contributed by atoms with Crippen LogP contribution in [0.1, 0.15) is 64.5 Å². The molecule has 2 nitrogen and oxygen atoms in total. The first-order valence-electron chi connectivity index (χ1n) is 9.77. The lowest BCUT2D eigenvalue weighted by Gasteiger charge is -2.42. The van der Waals surface area contributed by atoms with Crippen LogP contribution in [-0.4, -0.2) is 35.8 Å². The van der Waals surface area contributed by atoms with Gasteiger partial charge in [-0.05, 0) is 30.4 Å². The van der Waals surface area contributed by atoms with Gasteiger partial charge in [0.1, 0.15) is 0 Å². The molecule has 150 valence electrons. The minimum atomic E-state index is 0. The Morgan fingerprint density at radius 2 is 1.62 bits per heavy atom. The standard InChI is InChI=1S/C21H34N2S.2ClH/c1-21(2,3)24-19-12-8-7-11-18(19)20(17-9-5-4-6-10-17)23-15-13-22-14-16-23;;/h7-8,11-12,17,20,22H,4-6,9-10,13-16H2,1-3H3;2*1H/t20-;;/m1../s1. The van der Waals surface area contributed by atoms with E-state index in [0.29, 0.717) is 6.04 Å². The Hall–Kier alpha value is 0.0700. The summed E-state index contributed by atoms with van der Waals surface area (Å²) in [4.78, 5) is 4.27. The van der Waals surface area contributed by atoms with E-state index in [0.717, 1.165) is 19.0 Å². The first-order chi connectivity index (χ1) is 11.5. The Balaban J connectivity index is 0.00000169. The molecule has 1 aliphatic carbocycles. The second-order valence-electron chi connectivity index (χ2n) is 8.38. The quantitative estimate of drug-likeness (QED) is 0.608. The summed E-state index contributed by atoms with van der Waals surface area (Å²) in [5.41, 5.74) is 1.59. The minimum Gasteiger partial charge on any atom is -0.314 e. The van der Waals surface area contributed by atoms with Gasteiger partial charge in [0.15, 0.2) is 0 Å². The lowest BCUT2D eigenvalue weighted by Crippen LogP contribution is -2.47. The topological polar surface area (TPSA) is 15.3 Å². The van der Waals surface area contributed by atoms with Crippen LogP contribution in [0.15, 0.2) is 29.2 Å². The Morgan fingerprint density at radius 1 is 1.00 bits per heavy atom. The summed E-state index contributed by atoms with van der Waals surface area (Å²) in [5.74, 6) is 0.832. The Kier molecular flexibility index (Phi) is 10.4. The Bertz CT molecular complexity index is 503. The van der Waals surface area contributed by atoms with Gasteiger partial charge in [-0.1, -0.05) is 58.2 Å². The van der Waals surface area contributed by atoms with Crippen LogP contribution in [0.2, 0.25) is 0 Å². The number of thioether (sulfide) groups is 1. The van der Waals surface area contributed by atoms with Crippen molar-refractivity contribution in [1.29, 1.82) is 0 Å². The Morgan fingerprint density at radius 3 is 2.23 bits per heavy atom. The molecule has 1 aromatic rings. The number of nitrogens with zero attached hydrogens (tertiary/aromatic N) is 1. The molecule has 1 aromatic carbocycles. The fourth-order valence-corrected chi connectivity index (χ4v) is 5.42. The molecule has 1 aliphatic heterocycles. The van der Waals surface area contributed by atoms with Crippen LogP contribution in [0.25, 0.3) is 0 Å². The Labute approximate surface area is 177 Å². The molecule has 1 heterocycles. The SMILES string of the molecule is CC(C)(C)Sc1ccccc1[C@@H](C1CCCCC1)N1CCNCC1.Cl.Cl. The normalized spacial score (nSPS) is 20.7. The smallest absolute Gasteiger partial charge is 0.0388 e. The molecule has 0 amide bonds. The van der Waals surface area contributed by atoms with Gasteiger partial charge in [0.05, 0.1) is 0 Å². The van der Waals surface area contributed by atoms with Gasteiger partial charge in [-0.15, -0.1) is 36.6 Å². The van der Waals surface area contributed by atoms with Gasteiger partial charge in [-0.2, -0.15) is 0 Å². The van der Waals surface area contributed by atoms with Crippen LogP contribution >= 0.6 is 36.6 Å². The second-order valence-corrected chi connectivity index (χ2v) is 10.2. The molecule has 26 heavy (non-hydrogen) atoms. The number of hydrogen-bond donors (Lipinski definition) is 1. The highest BCUT2D eigenvalue weighted by molar-refractivity contribution is 8.00. The number of nitrogens with one attached hydrogen (secondary N) is 1. The van der Waals surface area contributed by atoms with E-state index in [1.807, 2.05) is 11.8 Å². The van der Waals surface area contributed by atoms with E-state index < -0.39 is 0 Å². The molecule has 0 spiro atoms. The van der Waals surface area contributed by atoms with Crippen molar-refractivity contribution in [2.24, 2.45) is 5.92 Å². The van der Waals surface area contributed by atoms with Crippen LogP contribution in [0, 0.1) is 5.92 Å². The lowest BCUT2D eigenvalue weighted by molar-refractivity contribution is 0.101. The van der Waals surface area contributed by atoms with Crippen molar-refractivity contribution in [3.05, 3.63) is 29.8 Å². The van der Waals surface area contributed by atoms with Crippen molar-refractivity contribution in [3.8, 4) is 0 Å². The number of benzene rings is 1. The highest BCUT2D eigenvalue weighted by Crippen LogP contribution is 2.44. The van der Waals surface area contributed by atoms with E-state index in [4.69, 9.17) is 0 Å². The van der Waals surface area contributed by atoms with E-state index in [-0.39, 0.29) is 29.6 Å². The zero-order valence-corrected chi connectivity index (χ0v) is 18.9. The maximum atomic E-state index is 3.53. The predicted octanol–water partition coefficient (Wildman–Crippen LogP) is 5.95. The molecule has 1 atom stereocenters. The van der Waals surface area contributed by atoms with Gasteiger partial charge < -0.3 is 5.32 Å². The molecule has 0 bridgehead atoms. The zero-order valence-electron chi connectivity index (χ0n) is 16.5. The summed E-state index contributed by atoms with van der Waals surface area (Å²) in [7, 11) is 0. The molecule has 3 rings (SSSR count). The van der Waals surface area contributed by atoms with Crippen LogP contribution in [-0.2, 0) is 0 Å². The summed E-state index contributed by atoms with van der Waals surface area (Å²) in [6.45, 7) is 11.6.